The fraction of sp³-hybridized carbons (Fsp3) is 0.400. The van der Waals surface area contributed by atoms with Crippen LogP contribution in [0, 0.1) is 12.7 Å². The molecule has 0 fully saturated rings. The van der Waals surface area contributed by atoms with Gasteiger partial charge < -0.3 is 10.1 Å². The molecule has 0 amide bonds. The van der Waals surface area contributed by atoms with Gasteiger partial charge in [0.05, 0.1) is 10.7 Å². The first-order valence-corrected chi connectivity index (χ1v) is 7.60. The third-order valence-electron chi connectivity index (χ3n) is 2.79. The summed E-state index contributed by atoms with van der Waals surface area (Å²) in [7, 11) is 0. The van der Waals surface area contributed by atoms with Crippen LogP contribution in [0.15, 0.2) is 23.6 Å². The number of ether oxygens (including phenoxy) is 1. The van der Waals surface area contributed by atoms with Gasteiger partial charge in [0.1, 0.15) is 6.61 Å². The van der Waals surface area contributed by atoms with Gasteiger partial charge in [-0.05, 0) is 37.6 Å². The summed E-state index contributed by atoms with van der Waals surface area (Å²) in [5.74, 6) is -0.0531. The number of thiazole rings is 1. The minimum atomic E-state index is -0.326. The monoisotopic (exact) mass is 294 g/mol. The molecule has 1 aromatic heterocycles. The summed E-state index contributed by atoms with van der Waals surface area (Å²) in [5.41, 5.74) is 1.76. The van der Waals surface area contributed by atoms with Crippen LogP contribution in [0.4, 0.5) is 4.39 Å². The van der Waals surface area contributed by atoms with Crippen LogP contribution in [-0.4, -0.2) is 11.5 Å². The second kappa shape index (κ2) is 7.36. The van der Waals surface area contributed by atoms with Gasteiger partial charge in [0.15, 0.2) is 11.6 Å². The fourth-order valence-corrected chi connectivity index (χ4v) is 2.40. The van der Waals surface area contributed by atoms with E-state index in [0.29, 0.717) is 13.2 Å². The van der Waals surface area contributed by atoms with Crippen LogP contribution < -0.4 is 10.1 Å². The first-order chi connectivity index (χ1) is 9.69. The van der Waals surface area contributed by atoms with E-state index in [1.54, 1.807) is 17.4 Å². The molecule has 0 atom stereocenters. The highest BCUT2D eigenvalue weighted by atomic mass is 32.1. The summed E-state index contributed by atoms with van der Waals surface area (Å²) in [4.78, 5) is 4.28. The third-order valence-corrected chi connectivity index (χ3v) is 3.62. The van der Waals surface area contributed by atoms with Gasteiger partial charge in [-0.3, -0.25) is 0 Å². The normalized spacial score (nSPS) is 10.8. The SMILES string of the molecule is CCCNCc1ccc(OCc2csc(C)n2)c(F)c1. The molecule has 108 valence electrons. The van der Waals surface area contributed by atoms with Crippen molar-refractivity contribution in [2.75, 3.05) is 6.54 Å². The number of rotatable bonds is 7. The van der Waals surface area contributed by atoms with E-state index in [4.69, 9.17) is 4.74 Å². The molecule has 0 radical (unpaired) electrons. The summed E-state index contributed by atoms with van der Waals surface area (Å²) in [6.07, 6.45) is 1.07. The Hall–Kier alpha value is -1.46. The zero-order valence-corrected chi connectivity index (χ0v) is 12.6. The highest BCUT2D eigenvalue weighted by Gasteiger charge is 2.06. The van der Waals surface area contributed by atoms with Crippen molar-refractivity contribution < 1.29 is 9.13 Å². The molecule has 20 heavy (non-hydrogen) atoms. The van der Waals surface area contributed by atoms with E-state index >= 15 is 0 Å². The Morgan fingerprint density at radius 2 is 2.25 bits per heavy atom. The molecule has 1 aromatic carbocycles. The summed E-state index contributed by atoms with van der Waals surface area (Å²) in [6.45, 7) is 5.95. The number of hydrogen-bond acceptors (Lipinski definition) is 4. The Labute approximate surface area is 122 Å². The van der Waals surface area contributed by atoms with Crippen LogP contribution in [0.25, 0.3) is 0 Å². The van der Waals surface area contributed by atoms with E-state index in [1.807, 2.05) is 18.4 Å². The predicted molar refractivity (Wildman–Crippen MR) is 79.6 cm³/mol. The van der Waals surface area contributed by atoms with Crippen LogP contribution in [-0.2, 0) is 13.2 Å². The lowest BCUT2D eigenvalue weighted by Gasteiger charge is -2.08. The minimum absolute atomic E-state index is 0.273. The first-order valence-electron chi connectivity index (χ1n) is 6.72. The van der Waals surface area contributed by atoms with E-state index in [9.17, 15) is 4.39 Å². The quantitative estimate of drug-likeness (QED) is 0.791. The maximum atomic E-state index is 13.9. The Morgan fingerprint density at radius 1 is 1.40 bits per heavy atom. The lowest BCUT2D eigenvalue weighted by molar-refractivity contribution is 0.286. The molecule has 0 saturated heterocycles. The van der Waals surface area contributed by atoms with Crippen molar-refractivity contribution in [3.8, 4) is 5.75 Å². The molecule has 0 saturated carbocycles. The Balaban J connectivity index is 1.92. The van der Waals surface area contributed by atoms with Crippen LogP contribution in [0.5, 0.6) is 5.75 Å². The largest absolute Gasteiger partial charge is 0.484 e. The Bertz CT molecular complexity index is 557. The third kappa shape index (κ3) is 4.28. The molecule has 3 nitrogen and oxygen atoms in total. The van der Waals surface area contributed by atoms with Crippen molar-refractivity contribution in [2.45, 2.75) is 33.4 Å². The van der Waals surface area contributed by atoms with Crippen LogP contribution in [0.1, 0.15) is 29.6 Å². The molecule has 2 aromatic rings. The maximum absolute atomic E-state index is 13.9. The molecule has 0 aliphatic heterocycles. The fourth-order valence-electron chi connectivity index (χ4n) is 1.81. The van der Waals surface area contributed by atoms with E-state index in [1.165, 1.54) is 6.07 Å². The zero-order chi connectivity index (χ0) is 14.4. The van der Waals surface area contributed by atoms with Crippen molar-refractivity contribution in [3.63, 3.8) is 0 Å². The Kier molecular flexibility index (Phi) is 5.49. The lowest BCUT2D eigenvalue weighted by atomic mass is 10.2. The molecule has 0 aliphatic rings. The smallest absolute Gasteiger partial charge is 0.165 e. The number of halogens is 1. The van der Waals surface area contributed by atoms with Crippen molar-refractivity contribution in [3.05, 3.63) is 45.7 Å². The van der Waals surface area contributed by atoms with Gasteiger partial charge in [-0.25, -0.2) is 9.37 Å². The van der Waals surface area contributed by atoms with Gasteiger partial charge in [-0.2, -0.15) is 0 Å². The second-order valence-electron chi connectivity index (χ2n) is 4.59. The molecule has 5 heteroatoms. The van der Waals surface area contributed by atoms with Gasteiger partial charge in [0.25, 0.3) is 0 Å². The highest BCUT2D eigenvalue weighted by Crippen LogP contribution is 2.20. The van der Waals surface area contributed by atoms with E-state index < -0.39 is 0 Å². The first kappa shape index (κ1) is 14.9. The molecular formula is C15H19FN2OS. The van der Waals surface area contributed by atoms with E-state index in [2.05, 4.69) is 17.2 Å². The number of nitrogens with one attached hydrogen (secondary N) is 1. The molecular weight excluding hydrogens is 275 g/mol. The summed E-state index contributed by atoms with van der Waals surface area (Å²) in [5, 5.41) is 6.16. The average molecular weight is 294 g/mol. The number of nitrogens with zero attached hydrogens (tertiary/aromatic N) is 1. The molecule has 0 unspecified atom stereocenters. The average Bonchev–Trinajstić information content (AvgIpc) is 2.84. The molecule has 1 N–H and O–H groups in total. The molecule has 0 bridgehead atoms. The topological polar surface area (TPSA) is 34.1 Å². The van der Waals surface area contributed by atoms with Crippen molar-refractivity contribution in [2.24, 2.45) is 0 Å². The molecule has 2 rings (SSSR count). The Morgan fingerprint density at radius 3 is 2.90 bits per heavy atom. The maximum Gasteiger partial charge on any atom is 0.165 e. The lowest BCUT2D eigenvalue weighted by Crippen LogP contribution is -2.13. The standard InChI is InChI=1S/C15H19FN2OS/c1-3-6-17-8-12-4-5-15(14(16)7-12)19-9-13-10-20-11(2)18-13/h4-5,7,10,17H,3,6,8-9H2,1-2H3. The molecule has 0 aliphatic carbocycles. The summed E-state index contributed by atoms with van der Waals surface area (Å²) >= 11 is 1.56. The van der Waals surface area contributed by atoms with Gasteiger partial charge in [0.2, 0.25) is 0 Å². The van der Waals surface area contributed by atoms with Gasteiger partial charge >= 0.3 is 0 Å². The van der Waals surface area contributed by atoms with Crippen molar-refractivity contribution in [1.29, 1.82) is 0 Å². The van der Waals surface area contributed by atoms with Gasteiger partial charge in [-0.1, -0.05) is 13.0 Å². The van der Waals surface area contributed by atoms with Gasteiger partial charge in [-0.15, -0.1) is 11.3 Å². The van der Waals surface area contributed by atoms with Crippen LogP contribution >= 0.6 is 11.3 Å². The minimum Gasteiger partial charge on any atom is -0.484 e. The molecule has 1 heterocycles. The second-order valence-corrected chi connectivity index (χ2v) is 5.65. The van der Waals surface area contributed by atoms with Crippen LogP contribution in [0.3, 0.4) is 0 Å². The summed E-state index contributed by atoms with van der Waals surface area (Å²) < 4.78 is 19.4. The number of hydrogen-bond donors (Lipinski definition) is 1. The van der Waals surface area contributed by atoms with Gasteiger partial charge in [0, 0.05) is 11.9 Å². The van der Waals surface area contributed by atoms with Crippen LogP contribution in [0.2, 0.25) is 0 Å². The predicted octanol–water partition coefficient (Wildman–Crippen LogP) is 3.67. The molecule has 0 spiro atoms. The van der Waals surface area contributed by atoms with E-state index in [0.717, 1.165) is 29.2 Å². The van der Waals surface area contributed by atoms with Crippen molar-refractivity contribution in [1.82, 2.24) is 10.3 Å². The number of aromatic nitrogens is 1. The number of benzene rings is 1. The number of aryl methyl sites for hydroxylation is 1. The van der Waals surface area contributed by atoms with Crippen molar-refractivity contribution >= 4 is 11.3 Å². The summed E-state index contributed by atoms with van der Waals surface area (Å²) in [6, 6.07) is 5.08. The van der Waals surface area contributed by atoms with E-state index in [-0.39, 0.29) is 11.6 Å². The highest BCUT2D eigenvalue weighted by molar-refractivity contribution is 7.09. The zero-order valence-electron chi connectivity index (χ0n) is 11.8.